The van der Waals surface area contributed by atoms with E-state index in [0.29, 0.717) is 23.4 Å². The van der Waals surface area contributed by atoms with Crippen molar-refractivity contribution in [2.75, 3.05) is 18.9 Å². The lowest BCUT2D eigenvalue weighted by Gasteiger charge is -2.21. The van der Waals surface area contributed by atoms with Gasteiger partial charge in [0.1, 0.15) is 24.7 Å². The molecule has 2 aromatic heterocycles. The van der Waals surface area contributed by atoms with E-state index in [4.69, 9.17) is 27.1 Å². The highest BCUT2D eigenvalue weighted by Gasteiger charge is 2.36. The Kier molecular flexibility index (Phi) is 4.29. The van der Waals surface area contributed by atoms with Gasteiger partial charge < -0.3 is 10.5 Å². The van der Waals surface area contributed by atoms with Gasteiger partial charge in [0.05, 0.1) is 19.0 Å². The van der Waals surface area contributed by atoms with Gasteiger partial charge in [0.25, 0.3) is 0 Å². The fourth-order valence-corrected chi connectivity index (χ4v) is 3.06. The molecule has 0 spiro atoms. The highest BCUT2D eigenvalue weighted by Crippen LogP contribution is 2.52. The minimum atomic E-state index is -3.28. The number of hydrogen-bond acceptors (Lipinski definition) is 8. The Balaban J connectivity index is 1.89. The van der Waals surface area contributed by atoms with Crippen molar-refractivity contribution in [1.82, 2.24) is 19.5 Å². The zero-order valence-electron chi connectivity index (χ0n) is 12.0. The molecule has 1 unspecified atom stereocenters. The predicted octanol–water partition coefficient (Wildman–Crippen LogP) is 0.588. The van der Waals surface area contributed by atoms with Crippen molar-refractivity contribution in [2.24, 2.45) is 0 Å². The molecule has 3 N–H and O–H groups in total. The van der Waals surface area contributed by atoms with Crippen LogP contribution in [0.5, 0.6) is 0 Å². The highest BCUT2D eigenvalue weighted by molar-refractivity contribution is 7.85. The maximum Gasteiger partial charge on any atom is 0.488 e. The predicted molar refractivity (Wildman–Crippen MR) is 80.7 cm³/mol. The van der Waals surface area contributed by atoms with E-state index in [1.165, 1.54) is 6.33 Å². The quantitative estimate of drug-likeness (QED) is 0.578. The number of nitrogens with zero attached hydrogens (tertiary/aromatic N) is 4. The Morgan fingerprint density at radius 1 is 1.41 bits per heavy atom. The number of rotatable bonds is 1. The summed E-state index contributed by atoms with van der Waals surface area (Å²) in [4.78, 5) is 22.1. The van der Waals surface area contributed by atoms with Gasteiger partial charge in [0.15, 0.2) is 11.5 Å². The first-order chi connectivity index (χ1) is 10.5. The summed E-state index contributed by atoms with van der Waals surface area (Å²) in [6, 6.07) is 0. The average molecular weight is 324 g/mol. The van der Waals surface area contributed by atoms with E-state index < -0.39 is 14.0 Å². The summed E-state index contributed by atoms with van der Waals surface area (Å²) in [7, 11) is 2.28. The van der Waals surface area contributed by atoms with Crippen LogP contribution in [0, 0.1) is 0 Å². The summed E-state index contributed by atoms with van der Waals surface area (Å²) in [6.07, 6.45) is 2.73. The molecule has 0 saturated carbocycles. The highest BCUT2D eigenvalue weighted by atomic mass is 31.2. The van der Waals surface area contributed by atoms with E-state index in [1.54, 1.807) is 10.9 Å². The van der Waals surface area contributed by atoms with Gasteiger partial charge >= 0.3 is 15.4 Å². The third kappa shape index (κ3) is 3.21. The van der Waals surface area contributed by atoms with Gasteiger partial charge in [-0.2, -0.15) is 9.05 Å². The lowest BCUT2D eigenvalue weighted by molar-refractivity contribution is -0.0616. The normalized spacial score (nSPS) is 30.6. The van der Waals surface area contributed by atoms with Crippen LogP contribution in [0.15, 0.2) is 12.7 Å². The number of hydrogen-bond donors (Lipinski definition) is 2. The lowest BCUT2D eigenvalue weighted by atomic mass is 10.3. The fourth-order valence-electron chi connectivity index (χ4n) is 2.19. The van der Waals surface area contributed by atoms with Crippen molar-refractivity contribution < 1.29 is 18.7 Å². The van der Waals surface area contributed by atoms with Crippen molar-refractivity contribution in [3.05, 3.63) is 12.7 Å². The summed E-state index contributed by atoms with van der Waals surface area (Å²) >= 11 is 0. The number of nitrogen functional groups attached to an aromatic ring is 1. The number of ether oxygens (including phenoxy) is 1. The van der Waals surface area contributed by atoms with Crippen molar-refractivity contribution >= 4 is 32.4 Å². The van der Waals surface area contributed by atoms with Crippen LogP contribution in [-0.4, -0.2) is 51.3 Å². The molecule has 2 radical (unpaired) electrons. The largest absolute Gasteiger partial charge is 0.488 e. The summed E-state index contributed by atoms with van der Waals surface area (Å²) in [5, 5.41) is 0. The first-order valence-electron chi connectivity index (χ1n) is 6.74. The molecule has 9 nitrogen and oxygen atoms in total. The number of fused-ring (bicyclic) bond motifs is 1. The topological polar surface area (TPSA) is 118 Å². The molecule has 22 heavy (non-hydrogen) atoms. The molecule has 116 valence electrons. The molecule has 3 heterocycles. The van der Waals surface area contributed by atoms with Crippen LogP contribution < -0.4 is 5.73 Å². The first-order valence-corrected chi connectivity index (χ1v) is 8.39. The zero-order valence-corrected chi connectivity index (χ0v) is 12.9. The number of aromatic nitrogens is 4. The second-order valence-corrected chi connectivity index (χ2v) is 6.61. The second kappa shape index (κ2) is 6.06. The van der Waals surface area contributed by atoms with Gasteiger partial charge in [-0.3, -0.25) is 4.57 Å². The van der Waals surface area contributed by atoms with Crippen LogP contribution in [-0.2, 0) is 13.8 Å². The SMILES string of the molecule is [B][P+]1(O)OCC[C@H](n2cnc3c(N)ncnc32)O[C@@H](C)CO1. The molecule has 1 fully saturated rings. The van der Waals surface area contributed by atoms with Crippen LogP contribution in [0.25, 0.3) is 11.2 Å². The molecule has 0 aliphatic carbocycles. The number of nitrogens with two attached hydrogens (primary N) is 1. The molecular formula is C11H16BN5O4P+. The van der Waals surface area contributed by atoms with Crippen molar-refractivity contribution in [3.8, 4) is 0 Å². The minimum absolute atomic E-state index is 0.126. The number of anilines is 1. The van der Waals surface area contributed by atoms with Crippen LogP contribution >= 0.6 is 7.82 Å². The molecule has 3 rings (SSSR count). The van der Waals surface area contributed by atoms with Crippen molar-refractivity contribution in [1.29, 1.82) is 0 Å². The third-order valence-corrected chi connectivity index (χ3v) is 4.29. The molecule has 2 aromatic rings. The Morgan fingerprint density at radius 3 is 3.05 bits per heavy atom. The van der Waals surface area contributed by atoms with Crippen molar-refractivity contribution in [2.45, 2.75) is 25.7 Å². The van der Waals surface area contributed by atoms with Crippen LogP contribution in [0.2, 0.25) is 0 Å². The number of imidazole rings is 1. The third-order valence-electron chi connectivity index (χ3n) is 3.22. The summed E-state index contributed by atoms with van der Waals surface area (Å²) in [5.41, 5.74) is 6.87. The Hall–Kier alpha value is -1.32. The Bertz CT molecular complexity index is 669. The minimum Gasteiger partial charge on any atom is -0.382 e. The van der Waals surface area contributed by atoms with Gasteiger partial charge in [-0.15, -0.1) is 0 Å². The fraction of sp³-hybridized carbons (Fsp3) is 0.545. The molecular weight excluding hydrogens is 308 g/mol. The van der Waals surface area contributed by atoms with Crippen LogP contribution in [0.1, 0.15) is 19.6 Å². The van der Waals surface area contributed by atoms with Crippen LogP contribution in [0.4, 0.5) is 5.82 Å². The molecule has 3 atom stereocenters. The second-order valence-electron chi connectivity index (χ2n) is 4.97. The molecule has 0 aromatic carbocycles. The maximum atomic E-state index is 9.78. The van der Waals surface area contributed by atoms with E-state index >= 15 is 0 Å². The molecule has 1 aliphatic rings. The van der Waals surface area contributed by atoms with E-state index in [1.807, 2.05) is 6.92 Å². The van der Waals surface area contributed by atoms with Gasteiger partial charge in [0, 0.05) is 6.42 Å². The van der Waals surface area contributed by atoms with Gasteiger partial charge in [0.2, 0.25) is 0 Å². The van der Waals surface area contributed by atoms with Crippen LogP contribution in [0.3, 0.4) is 0 Å². The van der Waals surface area contributed by atoms with E-state index in [2.05, 4.69) is 15.0 Å². The van der Waals surface area contributed by atoms with Gasteiger partial charge in [-0.25, -0.2) is 19.8 Å². The first kappa shape index (κ1) is 15.6. The average Bonchev–Trinajstić information content (AvgIpc) is 2.90. The van der Waals surface area contributed by atoms with Gasteiger partial charge in [-0.1, -0.05) is 0 Å². The molecule has 0 amide bonds. The summed E-state index contributed by atoms with van der Waals surface area (Å²) in [5.74, 6) is 0.307. The van der Waals surface area contributed by atoms with Crippen molar-refractivity contribution in [3.63, 3.8) is 0 Å². The van der Waals surface area contributed by atoms with E-state index in [0.717, 1.165) is 0 Å². The summed E-state index contributed by atoms with van der Waals surface area (Å²) < 4.78 is 18.1. The van der Waals surface area contributed by atoms with E-state index in [9.17, 15) is 4.89 Å². The maximum absolute atomic E-state index is 9.78. The summed E-state index contributed by atoms with van der Waals surface area (Å²) in [6.45, 7) is 2.13. The standard InChI is InChI=1S/C11H16BN5O4P/c1-7-4-20-22(12,18)19-3-2-8(21-7)17-6-16-9-10(13)14-5-15-11(9)17/h5-8,18H,2-4H2,1H3,(H2,13,14,15)/q+1/t7-,8+,22?/m0/s1. The Labute approximate surface area is 128 Å². The molecule has 11 heteroatoms. The molecule has 1 aliphatic heterocycles. The monoisotopic (exact) mass is 324 g/mol. The smallest absolute Gasteiger partial charge is 0.382 e. The van der Waals surface area contributed by atoms with Gasteiger partial charge in [-0.05, 0) is 6.92 Å². The Morgan fingerprint density at radius 2 is 2.23 bits per heavy atom. The molecule has 1 saturated heterocycles. The zero-order chi connectivity index (χ0) is 15.7. The lowest BCUT2D eigenvalue weighted by Crippen LogP contribution is -2.22. The molecule has 0 bridgehead atoms. The van der Waals surface area contributed by atoms with E-state index in [-0.39, 0.29) is 19.3 Å².